The number of para-hydroxylation sites is 2. The van der Waals surface area contributed by atoms with Crippen LogP contribution in [-0.2, 0) is 13.0 Å². The van der Waals surface area contributed by atoms with Gasteiger partial charge in [0.2, 0.25) is 0 Å². The molecule has 1 aromatic heterocycles. The normalized spacial score (nSPS) is 12.0. The van der Waals surface area contributed by atoms with Crippen molar-refractivity contribution in [2.24, 2.45) is 0 Å². The largest absolute Gasteiger partial charge is 0.486 e. The molecule has 1 atom stereocenters. The second-order valence-corrected chi connectivity index (χ2v) is 6.14. The lowest BCUT2D eigenvalue weighted by Gasteiger charge is -2.21. The number of anilines is 1. The van der Waals surface area contributed by atoms with Crippen LogP contribution in [0.2, 0.25) is 5.02 Å². The van der Waals surface area contributed by atoms with Gasteiger partial charge in [0.15, 0.2) is 0 Å². The van der Waals surface area contributed by atoms with E-state index >= 15 is 0 Å². The highest BCUT2D eigenvalue weighted by atomic mass is 35.5. The van der Waals surface area contributed by atoms with Crippen LogP contribution >= 0.6 is 11.6 Å². The lowest BCUT2D eigenvalue weighted by molar-refractivity contribution is 0.171. The molecule has 0 spiro atoms. The van der Waals surface area contributed by atoms with E-state index in [1.165, 1.54) is 5.56 Å². The fourth-order valence-electron chi connectivity index (χ4n) is 2.56. The second kappa shape index (κ2) is 7.88. The highest BCUT2D eigenvalue weighted by molar-refractivity contribution is 6.30. The van der Waals surface area contributed by atoms with Crippen LogP contribution in [0.15, 0.2) is 67.3 Å². The predicted molar refractivity (Wildman–Crippen MR) is 97.3 cm³/mol. The van der Waals surface area contributed by atoms with Gasteiger partial charge < -0.3 is 15.0 Å². The van der Waals surface area contributed by atoms with Crippen molar-refractivity contribution in [2.45, 2.75) is 25.5 Å². The highest BCUT2D eigenvalue weighted by Gasteiger charge is 2.13. The Kier molecular flexibility index (Phi) is 5.39. The van der Waals surface area contributed by atoms with E-state index < -0.39 is 0 Å². The minimum absolute atomic E-state index is 0.000391. The average Bonchev–Trinajstić information content (AvgIpc) is 3.09. The minimum atomic E-state index is -0.000391. The number of hydrogen-bond donors (Lipinski definition) is 1. The van der Waals surface area contributed by atoms with Gasteiger partial charge in [-0.1, -0.05) is 35.9 Å². The highest BCUT2D eigenvalue weighted by Crippen LogP contribution is 2.23. The summed E-state index contributed by atoms with van der Waals surface area (Å²) in [6.07, 6.45) is 7.28. The number of nitrogen functional groups attached to an aromatic ring is 1. The number of hydrogen-bond acceptors (Lipinski definition) is 3. The summed E-state index contributed by atoms with van der Waals surface area (Å²) in [5, 5.41) is 0.752. The number of aryl methyl sites for hydroxylation is 1. The van der Waals surface area contributed by atoms with Gasteiger partial charge >= 0.3 is 0 Å². The molecule has 1 heterocycles. The van der Waals surface area contributed by atoms with Crippen molar-refractivity contribution >= 4 is 17.3 Å². The average molecular weight is 342 g/mol. The van der Waals surface area contributed by atoms with Gasteiger partial charge in [0.05, 0.1) is 18.6 Å². The second-order valence-electron chi connectivity index (χ2n) is 5.70. The third-order valence-electron chi connectivity index (χ3n) is 3.85. The lowest BCUT2D eigenvalue weighted by atomic mass is 10.1. The zero-order valence-corrected chi connectivity index (χ0v) is 14.1. The number of halogens is 1. The molecule has 3 rings (SSSR count). The van der Waals surface area contributed by atoms with Crippen molar-refractivity contribution in [3.63, 3.8) is 0 Å². The number of nitrogens with two attached hydrogens (primary N) is 1. The first kappa shape index (κ1) is 16.4. The van der Waals surface area contributed by atoms with E-state index in [9.17, 15) is 0 Å². The summed E-state index contributed by atoms with van der Waals surface area (Å²) in [6, 6.07) is 15.5. The number of benzene rings is 2. The smallest absolute Gasteiger partial charge is 0.142 e. The van der Waals surface area contributed by atoms with E-state index in [1.807, 2.05) is 59.3 Å². The monoisotopic (exact) mass is 341 g/mol. The minimum Gasteiger partial charge on any atom is -0.486 e. The quantitative estimate of drug-likeness (QED) is 0.655. The maximum atomic E-state index is 6.16. The van der Waals surface area contributed by atoms with E-state index in [1.54, 1.807) is 12.5 Å². The third-order valence-corrected chi connectivity index (χ3v) is 4.11. The van der Waals surface area contributed by atoms with Gasteiger partial charge in [0, 0.05) is 17.4 Å². The molecule has 0 fully saturated rings. The van der Waals surface area contributed by atoms with Gasteiger partial charge in [-0.15, -0.1) is 0 Å². The summed E-state index contributed by atoms with van der Waals surface area (Å²) in [5.41, 5.74) is 7.90. The molecule has 0 aliphatic rings. The number of rotatable bonds is 7. The first-order valence-corrected chi connectivity index (χ1v) is 8.30. The Morgan fingerprint density at radius 3 is 2.62 bits per heavy atom. The zero-order chi connectivity index (χ0) is 16.8. The van der Waals surface area contributed by atoms with E-state index in [0.29, 0.717) is 5.69 Å². The number of ether oxygens (including phenoxy) is 1. The van der Waals surface area contributed by atoms with E-state index in [2.05, 4.69) is 4.98 Å². The molecule has 0 aliphatic carbocycles. The Morgan fingerprint density at radius 2 is 1.92 bits per heavy atom. The molecule has 124 valence electrons. The molecule has 0 aliphatic heterocycles. The van der Waals surface area contributed by atoms with Gasteiger partial charge in [-0.2, -0.15) is 0 Å². The molecule has 2 aromatic carbocycles. The van der Waals surface area contributed by atoms with Gasteiger partial charge in [0.1, 0.15) is 11.9 Å². The third kappa shape index (κ3) is 4.52. The van der Waals surface area contributed by atoms with Crippen molar-refractivity contribution in [1.82, 2.24) is 9.55 Å². The summed E-state index contributed by atoms with van der Waals surface area (Å²) < 4.78 is 8.18. The van der Waals surface area contributed by atoms with Crippen LogP contribution in [0.25, 0.3) is 0 Å². The summed E-state index contributed by atoms with van der Waals surface area (Å²) in [6.45, 7) is 0.724. The van der Waals surface area contributed by atoms with Crippen LogP contribution in [0, 0.1) is 0 Å². The maximum Gasteiger partial charge on any atom is 0.142 e. The Balaban J connectivity index is 1.69. The number of nitrogens with zero attached hydrogens (tertiary/aromatic N) is 2. The summed E-state index contributed by atoms with van der Waals surface area (Å²) in [5.74, 6) is 0.721. The Labute approximate surface area is 146 Å². The van der Waals surface area contributed by atoms with Crippen molar-refractivity contribution < 1.29 is 4.74 Å². The lowest BCUT2D eigenvalue weighted by Crippen LogP contribution is -2.24. The van der Waals surface area contributed by atoms with Crippen LogP contribution in [0.1, 0.15) is 12.0 Å². The number of imidazole rings is 1. The molecule has 1 unspecified atom stereocenters. The van der Waals surface area contributed by atoms with Gasteiger partial charge in [-0.05, 0) is 42.7 Å². The fraction of sp³-hybridized carbons (Fsp3) is 0.211. The van der Waals surface area contributed by atoms with Crippen LogP contribution in [0.3, 0.4) is 0 Å². The summed E-state index contributed by atoms with van der Waals surface area (Å²) >= 11 is 5.95. The molecule has 0 radical (unpaired) electrons. The van der Waals surface area contributed by atoms with Crippen LogP contribution in [0.4, 0.5) is 5.69 Å². The molecule has 0 saturated heterocycles. The summed E-state index contributed by atoms with van der Waals surface area (Å²) in [4.78, 5) is 4.10. The van der Waals surface area contributed by atoms with Crippen LogP contribution in [0.5, 0.6) is 5.75 Å². The van der Waals surface area contributed by atoms with Crippen LogP contribution in [-0.4, -0.2) is 15.7 Å². The van der Waals surface area contributed by atoms with Crippen molar-refractivity contribution in [3.05, 3.63) is 77.8 Å². The van der Waals surface area contributed by atoms with Crippen molar-refractivity contribution in [2.75, 3.05) is 5.73 Å². The molecule has 0 bridgehead atoms. The Bertz CT molecular complexity index is 757. The fourth-order valence-corrected chi connectivity index (χ4v) is 2.69. The van der Waals surface area contributed by atoms with E-state index in [-0.39, 0.29) is 6.10 Å². The van der Waals surface area contributed by atoms with Gasteiger partial charge in [-0.25, -0.2) is 4.98 Å². The first-order chi connectivity index (χ1) is 11.7. The van der Waals surface area contributed by atoms with Gasteiger partial charge in [0.25, 0.3) is 0 Å². The maximum absolute atomic E-state index is 6.16. The predicted octanol–water partition coefficient (Wildman–Crippen LogP) is 4.20. The van der Waals surface area contributed by atoms with Gasteiger partial charge in [-0.3, -0.25) is 0 Å². The molecular formula is C19H20ClN3O. The molecule has 2 N–H and O–H groups in total. The van der Waals surface area contributed by atoms with E-state index in [4.69, 9.17) is 22.1 Å². The molecule has 0 saturated carbocycles. The molecule has 24 heavy (non-hydrogen) atoms. The molecule has 3 aromatic rings. The van der Waals surface area contributed by atoms with Crippen molar-refractivity contribution in [1.29, 1.82) is 0 Å². The Morgan fingerprint density at radius 1 is 1.12 bits per heavy atom. The SMILES string of the molecule is Nc1ccccc1OC(CCc1ccc(Cl)cc1)Cn1ccnc1. The Hall–Kier alpha value is -2.46. The first-order valence-electron chi connectivity index (χ1n) is 7.92. The standard InChI is InChI=1S/C19H20ClN3O/c20-16-8-5-15(6-9-16)7-10-17(13-23-12-11-22-14-23)24-19-4-2-1-3-18(19)21/h1-6,8-9,11-12,14,17H,7,10,13,21H2. The number of aromatic nitrogens is 2. The molecule has 0 amide bonds. The summed E-state index contributed by atoms with van der Waals surface area (Å²) in [7, 11) is 0. The topological polar surface area (TPSA) is 53.1 Å². The molecule has 5 heteroatoms. The zero-order valence-electron chi connectivity index (χ0n) is 13.3. The molecule has 4 nitrogen and oxygen atoms in total. The van der Waals surface area contributed by atoms with E-state index in [0.717, 1.165) is 30.2 Å². The molecular weight excluding hydrogens is 322 g/mol. The van der Waals surface area contributed by atoms with Crippen LogP contribution < -0.4 is 10.5 Å². The van der Waals surface area contributed by atoms with Crippen molar-refractivity contribution in [3.8, 4) is 5.75 Å².